The zero-order valence-corrected chi connectivity index (χ0v) is 27.5. The topological polar surface area (TPSA) is 64.6 Å². The molecule has 242 valence electrons. The minimum Gasteiger partial charge on any atom is -0.397 e. The number of carbonyl (C=O) groups excluding carboxylic acids is 1. The number of unbranched alkanes of at least 4 members (excludes halogenated alkanes) is 6. The molecule has 3 N–H and O–H groups in total. The molecule has 0 aromatic heterocycles. The summed E-state index contributed by atoms with van der Waals surface area (Å²) in [6.45, 7) is 10.4. The third-order valence-electron chi connectivity index (χ3n) is 10.2. The summed E-state index contributed by atoms with van der Waals surface area (Å²) < 4.78 is 0. The first kappa shape index (κ1) is 34.1. The zero-order valence-electron chi connectivity index (χ0n) is 27.5. The van der Waals surface area contributed by atoms with Crippen LogP contribution < -0.4 is 10.6 Å². The average Bonchev–Trinajstić information content (AvgIpc) is 3.59. The number of hydrogen-bond acceptors (Lipinski definition) is 4. The molecule has 1 amide bonds. The highest BCUT2D eigenvalue weighted by molar-refractivity contribution is 5.90. The van der Waals surface area contributed by atoms with Gasteiger partial charge in [0, 0.05) is 52.1 Å². The Kier molecular flexibility index (Phi) is 13.7. The number of allylic oxidation sites excluding steroid dienone is 3. The van der Waals surface area contributed by atoms with Crippen molar-refractivity contribution in [3.05, 3.63) is 83.9 Å². The smallest absolute Gasteiger partial charge is 0.222 e. The van der Waals surface area contributed by atoms with Gasteiger partial charge in [-0.05, 0) is 80.7 Å². The first-order chi connectivity index (χ1) is 21.6. The molecule has 1 heterocycles. The van der Waals surface area contributed by atoms with Crippen molar-refractivity contribution in [3.8, 4) is 0 Å². The van der Waals surface area contributed by atoms with E-state index in [9.17, 15) is 4.79 Å². The highest BCUT2D eigenvalue weighted by Crippen LogP contribution is 2.66. The van der Waals surface area contributed by atoms with E-state index >= 15 is 0 Å². The van der Waals surface area contributed by atoms with E-state index in [0.29, 0.717) is 17.9 Å². The molecule has 2 aromatic carbocycles. The van der Waals surface area contributed by atoms with Crippen LogP contribution in [0.5, 0.6) is 0 Å². The van der Waals surface area contributed by atoms with Crippen LogP contribution in [-0.2, 0) is 4.79 Å². The molecule has 44 heavy (non-hydrogen) atoms. The molecule has 2 aromatic rings. The van der Waals surface area contributed by atoms with Crippen LogP contribution in [-0.4, -0.2) is 61.8 Å². The van der Waals surface area contributed by atoms with Gasteiger partial charge < -0.3 is 20.6 Å². The number of piperazine rings is 1. The van der Waals surface area contributed by atoms with Crippen LogP contribution in [0.1, 0.15) is 96.5 Å². The Balaban J connectivity index is 0.00000133. The van der Waals surface area contributed by atoms with Crippen LogP contribution in [0.25, 0.3) is 11.1 Å². The minimum absolute atomic E-state index is 0. The molecule has 5 rings (SSSR count). The summed E-state index contributed by atoms with van der Waals surface area (Å²) in [6, 6.07) is 22.7. The van der Waals surface area contributed by atoms with E-state index in [1.165, 1.54) is 80.9 Å². The Morgan fingerprint density at radius 3 is 2.20 bits per heavy atom. The predicted molar refractivity (Wildman–Crippen MR) is 187 cm³/mol. The largest absolute Gasteiger partial charge is 0.397 e. The lowest BCUT2D eigenvalue weighted by atomic mass is 9.66. The normalized spacial score (nSPS) is 22.8. The van der Waals surface area contributed by atoms with Gasteiger partial charge in [-0.2, -0.15) is 0 Å². The summed E-state index contributed by atoms with van der Waals surface area (Å²) in [6.07, 6.45) is 14.1. The lowest BCUT2D eigenvalue weighted by Gasteiger charge is -2.37. The predicted octanol–water partition coefficient (Wildman–Crippen LogP) is 7.73. The number of amides is 1. The molecule has 5 heteroatoms. The van der Waals surface area contributed by atoms with Crippen molar-refractivity contribution in [1.82, 2.24) is 15.5 Å². The Labute approximate surface area is 268 Å². The molecule has 0 radical (unpaired) electrons. The van der Waals surface area contributed by atoms with Crippen LogP contribution >= 0.6 is 0 Å². The van der Waals surface area contributed by atoms with Crippen LogP contribution in [0.4, 0.5) is 0 Å². The number of aliphatic hydroxyl groups excluding tert-OH is 1. The van der Waals surface area contributed by atoms with E-state index in [-0.39, 0.29) is 13.4 Å². The molecule has 5 nitrogen and oxygen atoms in total. The summed E-state index contributed by atoms with van der Waals surface area (Å²) >= 11 is 0. The number of fused-ring (bicyclic) bond motifs is 1. The Bertz CT molecular complexity index is 1200. The van der Waals surface area contributed by atoms with Gasteiger partial charge in [-0.3, -0.25) is 4.79 Å². The zero-order chi connectivity index (χ0) is 31.2. The van der Waals surface area contributed by atoms with Crippen LogP contribution in [0.15, 0.2) is 72.8 Å². The number of benzene rings is 2. The molecular formula is C39H59N3O2. The molecule has 1 aliphatic heterocycles. The van der Waals surface area contributed by atoms with Gasteiger partial charge in [-0.15, -0.1) is 0 Å². The van der Waals surface area contributed by atoms with Gasteiger partial charge in [-0.1, -0.05) is 105 Å². The van der Waals surface area contributed by atoms with E-state index in [2.05, 4.69) is 78.3 Å². The summed E-state index contributed by atoms with van der Waals surface area (Å²) in [5.41, 5.74) is 7.26. The third kappa shape index (κ3) is 8.29. The Hall–Kier alpha value is -2.73. The van der Waals surface area contributed by atoms with E-state index in [1.807, 2.05) is 4.90 Å². The Morgan fingerprint density at radius 2 is 1.57 bits per heavy atom. The molecular weight excluding hydrogens is 542 g/mol. The molecule has 3 unspecified atom stereocenters. The van der Waals surface area contributed by atoms with Crippen molar-refractivity contribution in [2.75, 3.05) is 39.8 Å². The molecule has 1 saturated carbocycles. The number of nitrogens with one attached hydrogen (secondary N) is 2. The van der Waals surface area contributed by atoms with Crippen molar-refractivity contribution < 1.29 is 11.3 Å². The van der Waals surface area contributed by atoms with Gasteiger partial charge in [0.1, 0.15) is 0 Å². The van der Waals surface area contributed by atoms with Crippen LogP contribution in [0.2, 0.25) is 0 Å². The molecule has 3 aliphatic rings. The number of aliphatic hydroxyl groups is 1. The lowest BCUT2D eigenvalue weighted by molar-refractivity contribution is -0.131. The fourth-order valence-electron chi connectivity index (χ4n) is 8.06. The summed E-state index contributed by atoms with van der Waals surface area (Å²) in [5, 5.41) is 14.6. The minimum atomic E-state index is 0. The molecule has 0 bridgehead atoms. The van der Waals surface area contributed by atoms with Crippen molar-refractivity contribution in [3.63, 3.8) is 0 Å². The van der Waals surface area contributed by atoms with Gasteiger partial charge >= 0.3 is 0 Å². The number of nitrogens with zero attached hydrogens (tertiary/aromatic N) is 1. The maximum Gasteiger partial charge on any atom is 0.222 e. The quantitative estimate of drug-likeness (QED) is 0.194. The van der Waals surface area contributed by atoms with E-state index < -0.39 is 0 Å². The first-order valence-corrected chi connectivity index (χ1v) is 17.4. The third-order valence-corrected chi connectivity index (χ3v) is 10.2. The van der Waals surface area contributed by atoms with E-state index in [4.69, 9.17) is 11.7 Å². The second-order valence-electron chi connectivity index (χ2n) is 12.8. The second kappa shape index (κ2) is 17.7. The monoisotopic (exact) mass is 601 g/mol. The van der Waals surface area contributed by atoms with E-state index in [0.717, 1.165) is 39.0 Å². The standard InChI is InChI=1S/C37H51N3O.C2H6O.H2/c1-29(30-16-11-8-12-17-30)37-23-22-34(38-2)33(37)28-32(36(37)31-18-13-9-14-19-31)20-10-6-4-3-5-7-15-21-35(41)40-26-24-39-25-27-40;1-2-3;/h8-9,11-14,16-19,33-34,38-39H,1,3-7,10,15,20-28H2,2H3;3H,2H2,1H3;1H. The number of rotatable bonds is 14. The highest BCUT2D eigenvalue weighted by atomic mass is 16.2. The lowest BCUT2D eigenvalue weighted by Crippen LogP contribution is -2.46. The summed E-state index contributed by atoms with van der Waals surface area (Å²) in [7, 11) is 2.15. The summed E-state index contributed by atoms with van der Waals surface area (Å²) in [5.74, 6) is 0.915. The van der Waals surface area contributed by atoms with Crippen LogP contribution in [0, 0.1) is 11.3 Å². The highest BCUT2D eigenvalue weighted by Gasteiger charge is 2.56. The number of carbonyl (C=O) groups is 1. The van der Waals surface area contributed by atoms with Crippen molar-refractivity contribution in [1.29, 1.82) is 0 Å². The fraction of sp³-hybridized carbons (Fsp3) is 0.564. The van der Waals surface area contributed by atoms with Crippen LogP contribution in [0.3, 0.4) is 0 Å². The average molecular weight is 602 g/mol. The van der Waals surface area contributed by atoms with Gasteiger partial charge in [0.15, 0.2) is 0 Å². The molecule has 0 spiro atoms. The van der Waals surface area contributed by atoms with Crippen molar-refractivity contribution in [2.24, 2.45) is 11.3 Å². The maximum absolute atomic E-state index is 12.4. The van der Waals surface area contributed by atoms with Gasteiger partial charge in [-0.25, -0.2) is 0 Å². The fourth-order valence-corrected chi connectivity index (χ4v) is 8.06. The van der Waals surface area contributed by atoms with E-state index in [1.54, 1.807) is 18.1 Å². The molecule has 3 atom stereocenters. The summed E-state index contributed by atoms with van der Waals surface area (Å²) in [4.78, 5) is 14.4. The first-order valence-electron chi connectivity index (χ1n) is 17.4. The van der Waals surface area contributed by atoms with Crippen molar-refractivity contribution >= 4 is 17.1 Å². The number of hydrogen-bond donors (Lipinski definition) is 3. The molecule has 2 fully saturated rings. The SMILES string of the molecule is C=C(c1ccccc1)C12CCC(NC)C1CC(CCCCCCCCCC(=O)N1CCNCC1)=C2c1ccccc1.CCO.[HH]. The van der Waals surface area contributed by atoms with Gasteiger partial charge in [0.05, 0.1) is 0 Å². The molecule has 1 saturated heterocycles. The Morgan fingerprint density at radius 1 is 0.977 bits per heavy atom. The van der Waals surface area contributed by atoms with Gasteiger partial charge in [0.25, 0.3) is 0 Å². The molecule has 2 aliphatic carbocycles. The van der Waals surface area contributed by atoms with Crippen molar-refractivity contribution in [2.45, 2.75) is 90.0 Å². The maximum atomic E-state index is 12.4. The second-order valence-corrected chi connectivity index (χ2v) is 12.8. The van der Waals surface area contributed by atoms with Gasteiger partial charge in [0.2, 0.25) is 5.91 Å².